The SMILES string of the molecule is Cc1ccc(COc2ccc(C)cc2[B-](F)(F)F)cc1. The van der Waals surface area contributed by atoms with E-state index < -0.39 is 12.4 Å². The van der Waals surface area contributed by atoms with Gasteiger partial charge in [0.25, 0.3) is 0 Å². The van der Waals surface area contributed by atoms with Crippen molar-refractivity contribution >= 4 is 12.4 Å². The Hall–Kier alpha value is -1.91. The summed E-state index contributed by atoms with van der Waals surface area (Å²) in [6, 6.07) is 11.6. The Kier molecular flexibility index (Phi) is 4.07. The maximum absolute atomic E-state index is 13.0. The summed E-state index contributed by atoms with van der Waals surface area (Å²) >= 11 is 0. The van der Waals surface area contributed by atoms with Gasteiger partial charge in [0, 0.05) is 0 Å². The molecule has 0 N–H and O–H groups in total. The van der Waals surface area contributed by atoms with Crippen LogP contribution in [0, 0.1) is 13.8 Å². The molecule has 2 aromatic carbocycles. The fraction of sp³-hybridized carbons (Fsp3) is 0.200. The zero-order valence-corrected chi connectivity index (χ0v) is 11.4. The van der Waals surface area contributed by atoms with Crippen molar-refractivity contribution < 1.29 is 17.7 Å². The molecule has 2 aromatic rings. The molecule has 0 spiro atoms. The van der Waals surface area contributed by atoms with E-state index in [-0.39, 0.29) is 12.4 Å². The fourth-order valence-corrected chi connectivity index (χ4v) is 1.90. The van der Waals surface area contributed by atoms with Crippen LogP contribution in [0.25, 0.3) is 0 Å². The molecule has 0 radical (unpaired) electrons. The Morgan fingerprint density at radius 2 is 1.50 bits per heavy atom. The maximum atomic E-state index is 13.0. The predicted octanol–water partition coefficient (Wildman–Crippen LogP) is 3.94. The maximum Gasteiger partial charge on any atom is 0.513 e. The highest BCUT2D eigenvalue weighted by Crippen LogP contribution is 2.20. The van der Waals surface area contributed by atoms with E-state index in [2.05, 4.69) is 0 Å². The predicted molar refractivity (Wildman–Crippen MR) is 75.4 cm³/mol. The molecule has 1 nitrogen and oxygen atoms in total. The van der Waals surface area contributed by atoms with E-state index in [1.165, 1.54) is 6.07 Å². The van der Waals surface area contributed by atoms with Crippen LogP contribution >= 0.6 is 0 Å². The van der Waals surface area contributed by atoms with Gasteiger partial charge in [-0.3, -0.25) is 0 Å². The Bertz CT molecular complexity index is 591. The van der Waals surface area contributed by atoms with Crippen molar-refractivity contribution in [3.8, 4) is 5.75 Å². The van der Waals surface area contributed by atoms with Crippen LogP contribution in [-0.2, 0) is 6.61 Å². The van der Waals surface area contributed by atoms with E-state index in [9.17, 15) is 12.9 Å². The molecule has 0 unspecified atom stereocenters. The molecule has 0 amide bonds. The van der Waals surface area contributed by atoms with Crippen LogP contribution in [0.3, 0.4) is 0 Å². The minimum absolute atomic E-state index is 0.108. The molecular weight excluding hydrogens is 264 g/mol. The molecule has 2 rings (SSSR count). The molecule has 0 heterocycles. The highest BCUT2D eigenvalue weighted by Gasteiger charge is 2.29. The second-order valence-electron chi connectivity index (χ2n) is 4.89. The van der Waals surface area contributed by atoms with Crippen LogP contribution in [0.15, 0.2) is 42.5 Å². The number of benzene rings is 2. The van der Waals surface area contributed by atoms with Crippen molar-refractivity contribution in [3.63, 3.8) is 0 Å². The Morgan fingerprint density at radius 3 is 2.10 bits per heavy atom. The molecule has 0 aliphatic rings. The van der Waals surface area contributed by atoms with Crippen LogP contribution in [0.2, 0.25) is 0 Å². The zero-order valence-electron chi connectivity index (χ0n) is 11.4. The zero-order chi connectivity index (χ0) is 14.8. The summed E-state index contributed by atoms with van der Waals surface area (Å²) in [6.45, 7) is -1.36. The van der Waals surface area contributed by atoms with E-state index >= 15 is 0 Å². The second kappa shape index (κ2) is 5.61. The third kappa shape index (κ3) is 3.56. The van der Waals surface area contributed by atoms with Gasteiger partial charge in [-0.25, -0.2) is 0 Å². The Morgan fingerprint density at radius 1 is 0.900 bits per heavy atom. The molecular formula is C15H15BF3O-. The van der Waals surface area contributed by atoms with Crippen molar-refractivity contribution in [2.75, 3.05) is 0 Å². The van der Waals surface area contributed by atoms with Crippen LogP contribution in [0.4, 0.5) is 12.9 Å². The third-order valence-electron chi connectivity index (χ3n) is 3.03. The third-order valence-corrected chi connectivity index (χ3v) is 3.03. The second-order valence-corrected chi connectivity index (χ2v) is 4.89. The minimum atomic E-state index is -5.07. The molecule has 0 aromatic heterocycles. The van der Waals surface area contributed by atoms with Crippen LogP contribution in [0.1, 0.15) is 16.7 Å². The van der Waals surface area contributed by atoms with E-state index in [0.29, 0.717) is 5.56 Å². The van der Waals surface area contributed by atoms with E-state index in [4.69, 9.17) is 4.74 Å². The number of hydrogen-bond donors (Lipinski definition) is 0. The summed E-state index contributed by atoms with van der Waals surface area (Å²) in [6.07, 6.45) is 0. The molecule has 0 saturated carbocycles. The lowest BCUT2D eigenvalue weighted by Gasteiger charge is -2.20. The quantitative estimate of drug-likeness (QED) is 0.770. The topological polar surface area (TPSA) is 9.23 Å². The van der Waals surface area contributed by atoms with Crippen molar-refractivity contribution in [1.29, 1.82) is 0 Å². The van der Waals surface area contributed by atoms with Gasteiger partial charge < -0.3 is 17.7 Å². The molecule has 0 fully saturated rings. The normalized spacial score (nSPS) is 11.4. The summed E-state index contributed by atoms with van der Waals surface area (Å²) in [7, 11) is 0. The molecule has 106 valence electrons. The number of hydrogen-bond acceptors (Lipinski definition) is 1. The molecule has 5 heteroatoms. The molecule has 0 saturated heterocycles. The smallest absolute Gasteiger partial charge is 0.492 e. The summed E-state index contributed by atoms with van der Waals surface area (Å²) in [5.74, 6) is -0.108. The van der Waals surface area contributed by atoms with Gasteiger partial charge in [0.1, 0.15) is 6.61 Å². The van der Waals surface area contributed by atoms with E-state index in [1.807, 2.05) is 31.2 Å². The van der Waals surface area contributed by atoms with Crippen molar-refractivity contribution in [3.05, 3.63) is 59.2 Å². The number of aryl methyl sites for hydroxylation is 2. The standard InChI is InChI=1S/C15H15BF3O/c1-11-3-6-13(7-4-11)10-20-15-8-5-12(2)9-14(15)16(17,18)19/h3-9H,10H2,1-2H3/q-1. The van der Waals surface area contributed by atoms with Gasteiger partial charge in [0.15, 0.2) is 0 Å². The lowest BCUT2D eigenvalue weighted by Crippen LogP contribution is -2.35. The Labute approximate surface area is 116 Å². The molecule has 0 aliphatic heterocycles. The molecule has 0 atom stereocenters. The average molecular weight is 279 g/mol. The first kappa shape index (κ1) is 14.5. The monoisotopic (exact) mass is 279 g/mol. The van der Waals surface area contributed by atoms with Crippen molar-refractivity contribution in [2.45, 2.75) is 20.5 Å². The summed E-state index contributed by atoms with van der Waals surface area (Å²) < 4.78 is 44.3. The van der Waals surface area contributed by atoms with Crippen molar-refractivity contribution in [2.24, 2.45) is 0 Å². The van der Waals surface area contributed by atoms with Gasteiger partial charge >= 0.3 is 6.98 Å². The first-order valence-electron chi connectivity index (χ1n) is 6.35. The van der Waals surface area contributed by atoms with Gasteiger partial charge in [-0.15, -0.1) is 0 Å². The summed E-state index contributed by atoms with van der Waals surface area (Å²) in [5.41, 5.74) is 1.85. The lowest BCUT2D eigenvalue weighted by atomic mass is 9.78. The van der Waals surface area contributed by atoms with E-state index in [1.54, 1.807) is 13.0 Å². The lowest BCUT2D eigenvalue weighted by molar-refractivity contribution is 0.307. The first-order valence-corrected chi connectivity index (χ1v) is 6.35. The summed E-state index contributed by atoms with van der Waals surface area (Å²) in [5, 5.41) is 0. The average Bonchev–Trinajstić information content (AvgIpc) is 2.38. The minimum Gasteiger partial charge on any atom is -0.492 e. The van der Waals surface area contributed by atoms with Crippen LogP contribution in [0.5, 0.6) is 5.75 Å². The first-order chi connectivity index (χ1) is 9.36. The van der Waals surface area contributed by atoms with Crippen LogP contribution < -0.4 is 10.2 Å². The van der Waals surface area contributed by atoms with Gasteiger partial charge in [0.05, 0.1) is 5.75 Å². The molecule has 0 aliphatic carbocycles. The molecule has 20 heavy (non-hydrogen) atoms. The largest absolute Gasteiger partial charge is 0.513 e. The molecule has 0 bridgehead atoms. The fourth-order valence-electron chi connectivity index (χ4n) is 1.90. The summed E-state index contributed by atoms with van der Waals surface area (Å²) in [4.78, 5) is 0. The number of rotatable bonds is 4. The number of halogens is 3. The highest BCUT2D eigenvalue weighted by molar-refractivity contribution is 6.74. The van der Waals surface area contributed by atoms with E-state index in [0.717, 1.165) is 17.2 Å². The van der Waals surface area contributed by atoms with Gasteiger partial charge in [-0.2, -0.15) is 0 Å². The Balaban J connectivity index is 2.19. The van der Waals surface area contributed by atoms with Gasteiger partial charge in [-0.1, -0.05) is 53.0 Å². The van der Waals surface area contributed by atoms with Gasteiger partial charge in [-0.05, 0) is 25.5 Å². The van der Waals surface area contributed by atoms with Gasteiger partial charge in [0.2, 0.25) is 0 Å². The van der Waals surface area contributed by atoms with Crippen molar-refractivity contribution in [1.82, 2.24) is 0 Å². The van der Waals surface area contributed by atoms with Crippen LogP contribution in [-0.4, -0.2) is 6.98 Å². The number of ether oxygens (including phenoxy) is 1. The highest BCUT2D eigenvalue weighted by atomic mass is 19.4.